The standard InChI is InChI=1S/C25H21NO4/c1-15-9-11-16(12-10-15)22(27)19-14-26(2)25(21(19)20-8-5-13-30-20)23(28)17-6-3-4-7-18(17)24(25)29/h3-13,19,21H,14H2,1-2H3/t19-,21-/m0/s1. The second-order valence-electron chi connectivity index (χ2n) is 8.18. The number of ketones is 3. The lowest BCUT2D eigenvalue weighted by Crippen LogP contribution is -2.54. The van der Waals surface area contributed by atoms with Crippen molar-refractivity contribution in [3.05, 3.63) is 94.9 Å². The van der Waals surface area contributed by atoms with Gasteiger partial charge in [0, 0.05) is 29.2 Å². The molecule has 30 heavy (non-hydrogen) atoms. The maximum absolute atomic E-state index is 13.7. The summed E-state index contributed by atoms with van der Waals surface area (Å²) >= 11 is 0. The largest absolute Gasteiger partial charge is 0.469 e. The molecule has 2 aromatic carbocycles. The number of likely N-dealkylation sites (tertiary alicyclic amines) is 1. The van der Waals surface area contributed by atoms with Crippen molar-refractivity contribution in [2.24, 2.45) is 5.92 Å². The Kier molecular flexibility index (Phi) is 4.12. The van der Waals surface area contributed by atoms with Gasteiger partial charge >= 0.3 is 0 Å². The fraction of sp³-hybridized carbons (Fsp3) is 0.240. The van der Waals surface area contributed by atoms with Gasteiger partial charge in [0.1, 0.15) is 5.76 Å². The van der Waals surface area contributed by atoms with E-state index in [1.165, 1.54) is 6.26 Å². The molecule has 0 amide bonds. The van der Waals surface area contributed by atoms with Crippen LogP contribution in [0.3, 0.4) is 0 Å². The van der Waals surface area contributed by atoms with E-state index < -0.39 is 17.4 Å². The van der Waals surface area contributed by atoms with Gasteiger partial charge in [0.15, 0.2) is 22.9 Å². The van der Waals surface area contributed by atoms with E-state index >= 15 is 0 Å². The predicted octanol–water partition coefficient (Wildman–Crippen LogP) is 3.93. The number of benzene rings is 2. The van der Waals surface area contributed by atoms with Crippen LogP contribution in [0, 0.1) is 12.8 Å². The number of hydrogen-bond acceptors (Lipinski definition) is 5. The molecule has 2 heterocycles. The highest BCUT2D eigenvalue weighted by molar-refractivity contribution is 6.34. The summed E-state index contributed by atoms with van der Waals surface area (Å²) in [6, 6.07) is 17.8. The molecule has 1 saturated heterocycles. The minimum absolute atomic E-state index is 0.0864. The first-order chi connectivity index (χ1) is 14.5. The SMILES string of the molecule is Cc1ccc(C(=O)[C@H]2CN(C)C3(C(=O)c4ccccc4C3=O)[C@@H]2c2ccco2)cc1. The highest BCUT2D eigenvalue weighted by atomic mass is 16.3. The molecule has 5 heteroatoms. The number of hydrogen-bond donors (Lipinski definition) is 0. The Balaban J connectivity index is 1.68. The van der Waals surface area contributed by atoms with Gasteiger partial charge in [0.25, 0.3) is 0 Å². The number of Topliss-reactive ketones (excluding diaryl/α,β-unsaturated/α-hetero) is 3. The number of carbonyl (C=O) groups excluding carboxylic acids is 3. The fourth-order valence-electron chi connectivity index (χ4n) is 5.13. The molecule has 1 aliphatic heterocycles. The summed E-state index contributed by atoms with van der Waals surface area (Å²) in [5.41, 5.74) is 0.990. The van der Waals surface area contributed by atoms with Gasteiger partial charge in [0.2, 0.25) is 0 Å². The number of rotatable bonds is 3. The average molecular weight is 399 g/mol. The smallest absolute Gasteiger partial charge is 0.192 e. The van der Waals surface area contributed by atoms with Crippen LogP contribution >= 0.6 is 0 Å². The Morgan fingerprint density at radius 3 is 2.17 bits per heavy atom. The molecule has 1 spiro atoms. The first kappa shape index (κ1) is 18.7. The van der Waals surface area contributed by atoms with Crippen LogP contribution in [0.25, 0.3) is 0 Å². The molecule has 1 fully saturated rings. The minimum atomic E-state index is -1.47. The molecule has 0 bridgehead atoms. The molecule has 2 atom stereocenters. The molecule has 1 aromatic heterocycles. The quantitative estimate of drug-likeness (QED) is 0.493. The zero-order valence-corrected chi connectivity index (χ0v) is 16.8. The number of furan rings is 1. The molecule has 5 nitrogen and oxygen atoms in total. The number of aryl methyl sites for hydroxylation is 1. The highest BCUT2D eigenvalue weighted by Gasteiger charge is 2.67. The summed E-state index contributed by atoms with van der Waals surface area (Å²) in [6.45, 7) is 2.26. The van der Waals surface area contributed by atoms with Crippen LogP contribution in [0.4, 0.5) is 0 Å². The topological polar surface area (TPSA) is 67.6 Å². The third-order valence-corrected chi connectivity index (χ3v) is 6.56. The number of nitrogens with zero attached hydrogens (tertiary/aromatic N) is 1. The molecule has 5 rings (SSSR count). The van der Waals surface area contributed by atoms with Gasteiger partial charge < -0.3 is 4.42 Å². The van der Waals surface area contributed by atoms with E-state index in [4.69, 9.17) is 4.42 Å². The second kappa shape index (κ2) is 6.61. The Hall–Kier alpha value is -3.31. The summed E-state index contributed by atoms with van der Waals surface area (Å²) in [5, 5.41) is 0. The van der Waals surface area contributed by atoms with E-state index in [0.717, 1.165) is 5.56 Å². The Morgan fingerprint density at radius 2 is 1.60 bits per heavy atom. The third-order valence-electron chi connectivity index (χ3n) is 6.56. The monoisotopic (exact) mass is 399 g/mol. The number of carbonyl (C=O) groups is 3. The van der Waals surface area contributed by atoms with Gasteiger partial charge in [-0.3, -0.25) is 19.3 Å². The summed E-state index contributed by atoms with van der Waals surface area (Å²) in [5.74, 6) is -1.39. The lowest BCUT2D eigenvalue weighted by Gasteiger charge is -2.33. The normalized spacial score (nSPS) is 22.6. The van der Waals surface area contributed by atoms with Crippen molar-refractivity contribution in [3.63, 3.8) is 0 Å². The van der Waals surface area contributed by atoms with Crippen molar-refractivity contribution in [2.75, 3.05) is 13.6 Å². The van der Waals surface area contributed by atoms with Crippen LogP contribution < -0.4 is 0 Å². The molecule has 2 aliphatic rings. The molecular weight excluding hydrogens is 378 g/mol. The Labute approximate surface area is 174 Å². The zero-order valence-electron chi connectivity index (χ0n) is 16.8. The van der Waals surface area contributed by atoms with Crippen molar-refractivity contribution >= 4 is 17.3 Å². The van der Waals surface area contributed by atoms with Crippen molar-refractivity contribution in [1.29, 1.82) is 0 Å². The molecule has 0 unspecified atom stereocenters. The van der Waals surface area contributed by atoms with E-state index in [-0.39, 0.29) is 17.3 Å². The van der Waals surface area contributed by atoms with E-state index in [1.54, 1.807) is 60.5 Å². The minimum Gasteiger partial charge on any atom is -0.469 e. The van der Waals surface area contributed by atoms with E-state index in [2.05, 4.69) is 0 Å². The Morgan fingerprint density at radius 1 is 0.967 bits per heavy atom. The Bertz CT molecular complexity index is 1130. The van der Waals surface area contributed by atoms with Crippen LogP contribution in [-0.4, -0.2) is 41.4 Å². The van der Waals surface area contributed by atoms with Gasteiger partial charge in [-0.25, -0.2) is 0 Å². The number of fused-ring (bicyclic) bond motifs is 1. The van der Waals surface area contributed by atoms with E-state index in [0.29, 0.717) is 29.0 Å². The lowest BCUT2D eigenvalue weighted by molar-refractivity contribution is 0.0594. The highest BCUT2D eigenvalue weighted by Crippen LogP contribution is 2.52. The van der Waals surface area contributed by atoms with Crippen molar-refractivity contribution < 1.29 is 18.8 Å². The number of likely N-dealkylation sites (N-methyl/N-ethyl adjacent to an activating group) is 1. The molecule has 0 N–H and O–H groups in total. The fourth-order valence-corrected chi connectivity index (χ4v) is 5.13. The van der Waals surface area contributed by atoms with Gasteiger partial charge in [-0.15, -0.1) is 0 Å². The first-order valence-electron chi connectivity index (χ1n) is 10.0. The molecule has 1 aliphatic carbocycles. The van der Waals surface area contributed by atoms with Gasteiger partial charge in [0.05, 0.1) is 12.2 Å². The van der Waals surface area contributed by atoms with Crippen LogP contribution in [0.2, 0.25) is 0 Å². The van der Waals surface area contributed by atoms with Crippen LogP contribution in [0.15, 0.2) is 71.3 Å². The van der Waals surface area contributed by atoms with Crippen LogP contribution in [-0.2, 0) is 0 Å². The van der Waals surface area contributed by atoms with Crippen LogP contribution in [0.1, 0.15) is 48.3 Å². The molecule has 3 aromatic rings. The maximum atomic E-state index is 13.7. The van der Waals surface area contributed by atoms with E-state index in [9.17, 15) is 14.4 Å². The summed E-state index contributed by atoms with van der Waals surface area (Å²) in [4.78, 5) is 42.7. The van der Waals surface area contributed by atoms with Gasteiger partial charge in [-0.1, -0.05) is 54.1 Å². The molecular formula is C25H21NO4. The summed E-state index contributed by atoms with van der Waals surface area (Å²) < 4.78 is 5.70. The van der Waals surface area contributed by atoms with Gasteiger partial charge in [-0.2, -0.15) is 0 Å². The molecule has 0 radical (unpaired) electrons. The average Bonchev–Trinajstić information content (AvgIpc) is 3.43. The maximum Gasteiger partial charge on any atom is 0.192 e. The van der Waals surface area contributed by atoms with Crippen molar-refractivity contribution in [1.82, 2.24) is 4.90 Å². The lowest BCUT2D eigenvalue weighted by atomic mass is 9.73. The van der Waals surface area contributed by atoms with Gasteiger partial charge in [-0.05, 0) is 26.1 Å². The van der Waals surface area contributed by atoms with Crippen molar-refractivity contribution in [2.45, 2.75) is 18.4 Å². The predicted molar refractivity (Wildman–Crippen MR) is 111 cm³/mol. The summed E-state index contributed by atoms with van der Waals surface area (Å²) in [7, 11) is 1.75. The first-order valence-corrected chi connectivity index (χ1v) is 10.0. The third kappa shape index (κ3) is 2.36. The molecule has 0 saturated carbocycles. The van der Waals surface area contributed by atoms with Crippen molar-refractivity contribution in [3.8, 4) is 0 Å². The zero-order chi connectivity index (χ0) is 21.0. The molecule has 150 valence electrons. The van der Waals surface area contributed by atoms with Crippen LogP contribution in [0.5, 0.6) is 0 Å². The second-order valence-corrected chi connectivity index (χ2v) is 8.18. The summed E-state index contributed by atoms with van der Waals surface area (Å²) in [6.07, 6.45) is 1.52. The van der Waals surface area contributed by atoms with E-state index in [1.807, 2.05) is 19.1 Å².